The van der Waals surface area contributed by atoms with E-state index >= 15 is 0 Å². The van der Waals surface area contributed by atoms with Gasteiger partial charge in [-0.25, -0.2) is 0 Å². The number of hydrogen-bond donors (Lipinski definition) is 12. The summed E-state index contributed by atoms with van der Waals surface area (Å²) in [5.41, 5.74) is -1.88. The minimum atomic E-state index is -2.02. The van der Waals surface area contributed by atoms with Gasteiger partial charge in [0.15, 0.2) is 24.1 Å². The lowest BCUT2D eigenvalue weighted by molar-refractivity contribution is -0.358. The number of aliphatic hydroxyl groups is 8. The Bertz CT molecular complexity index is 1780. The van der Waals surface area contributed by atoms with Crippen molar-refractivity contribution in [3.05, 3.63) is 46.1 Å². The number of phenols is 4. The van der Waals surface area contributed by atoms with E-state index in [1.807, 2.05) is 0 Å². The molecule has 280 valence electrons. The Labute approximate surface area is 286 Å². The van der Waals surface area contributed by atoms with Gasteiger partial charge in [-0.3, -0.25) is 4.79 Å². The second kappa shape index (κ2) is 14.4. The molecule has 3 aliphatic rings. The van der Waals surface area contributed by atoms with Crippen LogP contribution in [0.1, 0.15) is 18.6 Å². The number of hydrogen-bond acceptors (Lipinski definition) is 19. The first-order chi connectivity index (χ1) is 24.1. The van der Waals surface area contributed by atoms with Gasteiger partial charge in [0.05, 0.1) is 24.9 Å². The SMILES string of the molecule is C[C@@H]1O[C@@H](OC[C@H]2O[C@@H](c3c(-c4ccc(O)c(O)c4)oc4cc(O)cc(O)c4c3=O)[C@H](O)[C@@H](O)[C@@H]2O)[C@@H](O[C@@H]2OC[C@@H](O)[C@H](O)[C@H]2O)[C@H](O)[C@H]1O. The fraction of sp³-hybridized carbons (Fsp3) is 0.531. The molecule has 51 heavy (non-hydrogen) atoms. The highest BCUT2D eigenvalue weighted by molar-refractivity contribution is 5.87. The number of phenolic OH excluding ortho intramolecular Hbond substituents is 4. The van der Waals surface area contributed by atoms with Crippen molar-refractivity contribution < 1.29 is 89.4 Å². The molecule has 3 aromatic rings. The molecule has 3 fully saturated rings. The van der Waals surface area contributed by atoms with E-state index in [4.69, 9.17) is 28.1 Å². The average molecular weight is 727 g/mol. The molecule has 0 bridgehead atoms. The first-order valence-corrected chi connectivity index (χ1v) is 15.8. The fourth-order valence-corrected chi connectivity index (χ4v) is 6.29. The summed E-state index contributed by atoms with van der Waals surface area (Å²) in [6.07, 6.45) is -23.4. The minimum absolute atomic E-state index is 0.0479. The monoisotopic (exact) mass is 726 g/mol. The van der Waals surface area contributed by atoms with E-state index in [2.05, 4.69) is 0 Å². The Kier molecular flexibility index (Phi) is 10.5. The van der Waals surface area contributed by atoms with Gasteiger partial charge in [0.25, 0.3) is 0 Å². The number of aromatic hydroxyl groups is 4. The summed E-state index contributed by atoms with van der Waals surface area (Å²) in [5.74, 6) is -2.73. The van der Waals surface area contributed by atoms with Crippen molar-refractivity contribution in [3.8, 4) is 34.3 Å². The van der Waals surface area contributed by atoms with Gasteiger partial charge < -0.3 is 89.4 Å². The van der Waals surface area contributed by atoms with Crippen molar-refractivity contribution in [2.75, 3.05) is 13.2 Å². The van der Waals surface area contributed by atoms with Crippen LogP contribution in [-0.2, 0) is 23.7 Å². The highest BCUT2D eigenvalue weighted by Crippen LogP contribution is 2.41. The molecule has 4 heterocycles. The molecule has 0 radical (unpaired) electrons. The third-order valence-corrected chi connectivity index (χ3v) is 9.18. The first-order valence-electron chi connectivity index (χ1n) is 15.8. The molecule has 3 aliphatic heterocycles. The number of rotatable bonds is 7. The molecule has 0 amide bonds. The molecule has 2 aromatic carbocycles. The van der Waals surface area contributed by atoms with E-state index in [0.717, 1.165) is 24.3 Å². The molecule has 19 nitrogen and oxygen atoms in total. The Balaban J connectivity index is 1.33. The van der Waals surface area contributed by atoms with Crippen molar-refractivity contribution in [1.29, 1.82) is 0 Å². The molecule has 0 aliphatic carbocycles. The van der Waals surface area contributed by atoms with E-state index in [9.17, 15) is 66.1 Å². The summed E-state index contributed by atoms with van der Waals surface area (Å²) < 4.78 is 34.2. The quantitative estimate of drug-likeness (QED) is 0.109. The molecule has 19 heteroatoms. The highest BCUT2D eigenvalue weighted by atomic mass is 16.8. The van der Waals surface area contributed by atoms with Crippen LogP contribution in [0.25, 0.3) is 22.3 Å². The Morgan fingerprint density at radius 1 is 0.745 bits per heavy atom. The van der Waals surface area contributed by atoms with E-state index in [1.165, 1.54) is 13.0 Å². The molecule has 3 saturated heterocycles. The first kappa shape index (κ1) is 37.1. The van der Waals surface area contributed by atoms with Gasteiger partial charge in [0.1, 0.15) is 95.4 Å². The average Bonchev–Trinajstić information content (AvgIpc) is 3.08. The number of aliphatic hydroxyl groups excluding tert-OH is 8. The molecule has 0 saturated carbocycles. The third kappa shape index (κ3) is 6.84. The lowest BCUT2D eigenvalue weighted by Gasteiger charge is -2.45. The molecule has 6 rings (SSSR count). The summed E-state index contributed by atoms with van der Waals surface area (Å²) >= 11 is 0. The van der Waals surface area contributed by atoms with Crippen LogP contribution in [0, 0.1) is 0 Å². The molecule has 12 N–H and O–H groups in total. The van der Waals surface area contributed by atoms with Crippen LogP contribution in [0.15, 0.2) is 39.5 Å². The lowest BCUT2D eigenvalue weighted by atomic mass is 9.89. The summed E-state index contributed by atoms with van der Waals surface area (Å²) in [4.78, 5) is 14.0. The topological polar surface area (TPSA) is 319 Å². The van der Waals surface area contributed by atoms with E-state index in [1.54, 1.807) is 0 Å². The van der Waals surface area contributed by atoms with Crippen LogP contribution in [0.4, 0.5) is 0 Å². The zero-order chi connectivity index (χ0) is 37.0. The van der Waals surface area contributed by atoms with Crippen LogP contribution >= 0.6 is 0 Å². The highest BCUT2D eigenvalue weighted by Gasteiger charge is 2.51. The Morgan fingerprint density at radius 2 is 1.47 bits per heavy atom. The maximum atomic E-state index is 14.0. The molecule has 1 aromatic heterocycles. The molecule has 0 spiro atoms. The van der Waals surface area contributed by atoms with E-state index in [0.29, 0.717) is 0 Å². The molecule has 0 unspecified atom stereocenters. The minimum Gasteiger partial charge on any atom is -0.508 e. The maximum absolute atomic E-state index is 14.0. The Hall–Kier alpha value is -3.67. The van der Waals surface area contributed by atoms with Crippen LogP contribution in [0.5, 0.6) is 23.0 Å². The second-order valence-corrected chi connectivity index (χ2v) is 12.7. The van der Waals surface area contributed by atoms with Gasteiger partial charge in [-0.15, -0.1) is 0 Å². The zero-order valence-corrected chi connectivity index (χ0v) is 26.6. The van der Waals surface area contributed by atoms with Gasteiger partial charge in [-0.1, -0.05) is 0 Å². The number of ether oxygens (including phenoxy) is 5. The smallest absolute Gasteiger partial charge is 0.203 e. The summed E-state index contributed by atoms with van der Waals surface area (Å²) in [7, 11) is 0. The lowest BCUT2D eigenvalue weighted by Crippen LogP contribution is -2.62. The summed E-state index contributed by atoms with van der Waals surface area (Å²) in [5, 5.41) is 125. The third-order valence-electron chi connectivity index (χ3n) is 9.18. The van der Waals surface area contributed by atoms with Crippen molar-refractivity contribution in [3.63, 3.8) is 0 Å². The molecular weight excluding hydrogens is 688 g/mol. The van der Waals surface area contributed by atoms with Crippen molar-refractivity contribution in [2.45, 2.75) is 92.8 Å². The largest absolute Gasteiger partial charge is 0.508 e. The van der Waals surface area contributed by atoms with Crippen molar-refractivity contribution in [2.24, 2.45) is 0 Å². The van der Waals surface area contributed by atoms with Gasteiger partial charge in [-0.05, 0) is 25.1 Å². The molecular formula is C32H38O19. The van der Waals surface area contributed by atoms with Crippen LogP contribution in [-0.4, -0.2) is 154 Å². The molecule has 14 atom stereocenters. The standard InChI is InChI=1S/C32H38O19/c1-9-20(38)25(43)30(51-31-27(45)21(39)15(37)7-46-31)32(48-9)47-8-17-22(40)24(42)26(44)29(50-17)19-23(41)18-14(36)5-11(33)6-16(18)49-28(19)10-2-3-12(34)13(35)4-10/h2-6,9,15,17,20-22,24-27,29-40,42-45H,7-8H2,1H3/t9-,15+,17+,20-,21-,22+,24-,25+,26+,27+,29-,30-,31-,32+/m0/s1. The fourth-order valence-electron chi connectivity index (χ4n) is 6.29. The van der Waals surface area contributed by atoms with Crippen molar-refractivity contribution in [1.82, 2.24) is 0 Å². The van der Waals surface area contributed by atoms with E-state index in [-0.39, 0.29) is 16.9 Å². The van der Waals surface area contributed by atoms with Gasteiger partial charge in [-0.2, -0.15) is 0 Å². The number of benzene rings is 2. The summed E-state index contributed by atoms with van der Waals surface area (Å²) in [6, 6.07) is 5.20. The van der Waals surface area contributed by atoms with Gasteiger partial charge in [0.2, 0.25) is 5.43 Å². The predicted molar refractivity (Wildman–Crippen MR) is 165 cm³/mol. The predicted octanol–water partition coefficient (Wildman–Crippen LogP) is -2.89. The number of fused-ring (bicyclic) bond motifs is 1. The zero-order valence-electron chi connectivity index (χ0n) is 26.6. The van der Waals surface area contributed by atoms with Crippen molar-refractivity contribution >= 4 is 11.0 Å². The van der Waals surface area contributed by atoms with Gasteiger partial charge >= 0.3 is 0 Å². The van der Waals surface area contributed by atoms with Crippen LogP contribution < -0.4 is 5.43 Å². The van der Waals surface area contributed by atoms with Crippen LogP contribution in [0.3, 0.4) is 0 Å². The normalized spacial score (nSPS) is 37.4. The van der Waals surface area contributed by atoms with Crippen LogP contribution in [0.2, 0.25) is 0 Å². The Morgan fingerprint density at radius 3 is 2.18 bits per heavy atom. The van der Waals surface area contributed by atoms with E-state index < -0.39 is 138 Å². The second-order valence-electron chi connectivity index (χ2n) is 12.7. The maximum Gasteiger partial charge on any atom is 0.203 e. The summed E-state index contributed by atoms with van der Waals surface area (Å²) in [6.45, 7) is 0.240. The van der Waals surface area contributed by atoms with Gasteiger partial charge in [0, 0.05) is 17.7 Å².